The number of fused-ring (bicyclic) bond motifs is 1. The van der Waals surface area contributed by atoms with Gasteiger partial charge in [-0.1, -0.05) is 84.2 Å². The molecule has 3 rings (SSSR count). The highest BCUT2D eigenvalue weighted by atomic mass is 16.5. The summed E-state index contributed by atoms with van der Waals surface area (Å²) in [5.41, 5.74) is 9.35. The van der Waals surface area contributed by atoms with E-state index in [0.29, 0.717) is 12.2 Å². The molecule has 34 heavy (non-hydrogen) atoms. The summed E-state index contributed by atoms with van der Waals surface area (Å²) in [6, 6.07) is 12.8. The Morgan fingerprint density at radius 1 is 0.912 bits per heavy atom. The lowest BCUT2D eigenvalue weighted by Gasteiger charge is -2.42. The van der Waals surface area contributed by atoms with E-state index >= 15 is 0 Å². The van der Waals surface area contributed by atoms with Crippen LogP contribution in [0.2, 0.25) is 0 Å². The van der Waals surface area contributed by atoms with Crippen LogP contribution in [-0.2, 0) is 22.0 Å². The van der Waals surface area contributed by atoms with E-state index in [-0.39, 0.29) is 16.8 Å². The van der Waals surface area contributed by atoms with E-state index in [4.69, 9.17) is 4.74 Å². The maximum absolute atomic E-state index is 12.0. The molecule has 0 bridgehead atoms. The number of rotatable bonds is 9. The predicted octanol–water partition coefficient (Wildman–Crippen LogP) is 8.90. The second-order valence-electron chi connectivity index (χ2n) is 11.3. The number of carbonyl (C=O) groups excluding carboxylic acids is 1. The number of carbonyl (C=O) groups is 1. The standard InChI is InChI=1S/C32H44O2/c1-8-10-11-12-13-26-21-28-29(32(6,7)19-18-31(28,4)5)22-27(26)23(3)20-24-14-16-25(17-15-24)30(33)34-9-2/h14-17,20-22H,8-13,18-19H2,1-7H3/b23-20+. The van der Waals surface area contributed by atoms with Gasteiger partial charge in [0.25, 0.3) is 0 Å². The molecule has 2 heteroatoms. The molecule has 0 aromatic heterocycles. The van der Waals surface area contributed by atoms with Crippen LogP contribution in [0.1, 0.15) is 125 Å². The maximum Gasteiger partial charge on any atom is 0.338 e. The van der Waals surface area contributed by atoms with Crippen LogP contribution < -0.4 is 0 Å². The largest absolute Gasteiger partial charge is 0.462 e. The first-order valence-electron chi connectivity index (χ1n) is 13.2. The molecule has 0 atom stereocenters. The van der Waals surface area contributed by atoms with E-state index < -0.39 is 0 Å². The first kappa shape index (κ1) is 26.3. The molecule has 2 aromatic rings. The number of aryl methyl sites for hydroxylation is 1. The normalized spacial score (nSPS) is 16.7. The first-order chi connectivity index (χ1) is 16.1. The van der Waals surface area contributed by atoms with Crippen LogP contribution in [0, 0.1) is 0 Å². The van der Waals surface area contributed by atoms with Crippen molar-refractivity contribution in [2.24, 2.45) is 0 Å². The van der Waals surface area contributed by atoms with Crippen molar-refractivity contribution in [3.8, 4) is 0 Å². The Balaban J connectivity index is 2.01. The highest BCUT2D eigenvalue weighted by Gasteiger charge is 2.37. The fourth-order valence-electron chi connectivity index (χ4n) is 5.23. The van der Waals surface area contributed by atoms with Crippen molar-refractivity contribution >= 4 is 17.6 Å². The minimum absolute atomic E-state index is 0.196. The Hall–Kier alpha value is -2.35. The molecule has 1 aliphatic carbocycles. The van der Waals surface area contributed by atoms with Gasteiger partial charge in [0.15, 0.2) is 0 Å². The second-order valence-corrected chi connectivity index (χ2v) is 11.3. The van der Waals surface area contributed by atoms with E-state index in [1.165, 1.54) is 60.8 Å². The Labute approximate surface area is 207 Å². The minimum Gasteiger partial charge on any atom is -0.462 e. The van der Waals surface area contributed by atoms with Crippen LogP contribution >= 0.6 is 0 Å². The molecule has 0 aliphatic heterocycles. The molecule has 0 radical (unpaired) electrons. The summed E-state index contributed by atoms with van der Waals surface area (Å²) in [6.07, 6.45) is 11.0. The van der Waals surface area contributed by atoms with Crippen molar-refractivity contribution in [2.45, 2.75) is 104 Å². The van der Waals surface area contributed by atoms with E-state index in [1.54, 1.807) is 5.56 Å². The van der Waals surface area contributed by atoms with E-state index in [1.807, 2.05) is 31.2 Å². The van der Waals surface area contributed by atoms with Gasteiger partial charge in [-0.05, 0) is 95.9 Å². The summed E-state index contributed by atoms with van der Waals surface area (Å²) in [5.74, 6) is -0.261. The van der Waals surface area contributed by atoms with Crippen LogP contribution in [0.4, 0.5) is 0 Å². The third-order valence-corrected chi connectivity index (χ3v) is 7.61. The van der Waals surface area contributed by atoms with Gasteiger partial charge in [0.2, 0.25) is 0 Å². The smallest absolute Gasteiger partial charge is 0.338 e. The van der Waals surface area contributed by atoms with Crippen molar-refractivity contribution in [2.75, 3.05) is 6.61 Å². The third kappa shape index (κ3) is 6.01. The highest BCUT2D eigenvalue weighted by molar-refractivity contribution is 5.90. The van der Waals surface area contributed by atoms with Gasteiger partial charge in [0.1, 0.15) is 0 Å². The number of hydrogen-bond acceptors (Lipinski definition) is 2. The van der Waals surface area contributed by atoms with Crippen LogP contribution in [-0.4, -0.2) is 12.6 Å². The molecule has 0 heterocycles. The first-order valence-corrected chi connectivity index (χ1v) is 13.2. The molecule has 0 N–H and O–H groups in total. The summed E-state index contributed by atoms with van der Waals surface area (Å²) in [4.78, 5) is 12.0. The number of unbranched alkanes of at least 4 members (excludes halogenated alkanes) is 3. The average molecular weight is 461 g/mol. The molecule has 184 valence electrons. The third-order valence-electron chi connectivity index (χ3n) is 7.61. The topological polar surface area (TPSA) is 26.3 Å². The Bertz CT molecular complexity index is 1020. The summed E-state index contributed by atoms with van der Waals surface area (Å²) in [6.45, 7) is 16.4. The molecule has 2 nitrogen and oxygen atoms in total. The minimum atomic E-state index is -0.261. The van der Waals surface area contributed by atoms with Gasteiger partial charge in [-0.25, -0.2) is 4.79 Å². The van der Waals surface area contributed by atoms with Gasteiger partial charge in [-0.2, -0.15) is 0 Å². The molecule has 0 saturated heterocycles. The summed E-state index contributed by atoms with van der Waals surface area (Å²) >= 11 is 0. The molecule has 0 unspecified atom stereocenters. The molecule has 0 amide bonds. The lowest BCUT2D eigenvalue weighted by molar-refractivity contribution is 0.0526. The number of allylic oxidation sites excluding steroid dienone is 1. The zero-order valence-electron chi connectivity index (χ0n) is 22.5. The number of benzene rings is 2. The Kier molecular flexibility index (Phi) is 8.44. The van der Waals surface area contributed by atoms with Crippen molar-refractivity contribution in [1.82, 2.24) is 0 Å². The molecule has 0 fully saturated rings. The monoisotopic (exact) mass is 460 g/mol. The van der Waals surface area contributed by atoms with E-state index in [9.17, 15) is 4.79 Å². The highest BCUT2D eigenvalue weighted by Crippen LogP contribution is 2.47. The van der Waals surface area contributed by atoms with Gasteiger partial charge < -0.3 is 4.74 Å². The molecular weight excluding hydrogens is 416 g/mol. The van der Waals surface area contributed by atoms with Crippen LogP contribution in [0.15, 0.2) is 36.4 Å². The van der Waals surface area contributed by atoms with Crippen molar-refractivity contribution in [1.29, 1.82) is 0 Å². The number of esters is 1. The van der Waals surface area contributed by atoms with Crippen LogP contribution in [0.25, 0.3) is 11.6 Å². The lowest BCUT2D eigenvalue weighted by Crippen LogP contribution is -2.34. The molecular formula is C32H44O2. The summed E-state index contributed by atoms with van der Waals surface area (Å²) in [7, 11) is 0. The maximum atomic E-state index is 12.0. The molecule has 1 aliphatic rings. The fraction of sp³-hybridized carbons (Fsp3) is 0.531. The summed E-state index contributed by atoms with van der Waals surface area (Å²) < 4.78 is 5.12. The Morgan fingerprint density at radius 2 is 1.53 bits per heavy atom. The van der Waals surface area contributed by atoms with Gasteiger partial charge >= 0.3 is 5.97 Å². The zero-order valence-corrected chi connectivity index (χ0v) is 22.5. The van der Waals surface area contributed by atoms with Gasteiger partial charge in [-0.15, -0.1) is 0 Å². The van der Waals surface area contributed by atoms with Gasteiger partial charge in [-0.3, -0.25) is 0 Å². The van der Waals surface area contributed by atoms with Crippen LogP contribution in [0.5, 0.6) is 0 Å². The van der Waals surface area contributed by atoms with Gasteiger partial charge in [0, 0.05) is 0 Å². The number of hydrogen-bond donors (Lipinski definition) is 0. The summed E-state index contributed by atoms with van der Waals surface area (Å²) in [5, 5.41) is 0. The molecule has 0 saturated carbocycles. The molecule has 0 spiro atoms. The molecule has 2 aromatic carbocycles. The van der Waals surface area contributed by atoms with Crippen molar-refractivity contribution in [3.05, 3.63) is 69.8 Å². The van der Waals surface area contributed by atoms with Gasteiger partial charge in [0.05, 0.1) is 12.2 Å². The average Bonchev–Trinajstić information content (AvgIpc) is 2.80. The van der Waals surface area contributed by atoms with Crippen molar-refractivity contribution in [3.63, 3.8) is 0 Å². The lowest BCUT2D eigenvalue weighted by atomic mass is 9.62. The zero-order chi connectivity index (χ0) is 24.9. The van der Waals surface area contributed by atoms with Crippen molar-refractivity contribution < 1.29 is 9.53 Å². The van der Waals surface area contributed by atoms with Crippen LogP contribution in [0.3, 0.4) is 0 Å². The number of ether oxygens (including phenoxy) is 1. The fourth-order valence-corrected chi connectivity index (χ4v) is 5.23. The quantitative estimate of drug-likeness (QED) is 0.212. The Morgan fingerprint density at radius 3 is 2.12 bits per heavy atom. The second kappa shape index (κ2) is 10.9. The van der Waals surface area contributed by atoms with E-state index in [0.717, 1.165) is 12.0 Å². The SMILES string of the molecule is CCCCCCc1cc2c(cc1/C(C)=C/c1ccc(C(=O)OCC)cc1)C(C)(C)CCC2(C)C. The van der Waals surface area contributed by atoms with E-state index in [2.05, 4.69) is 59.8 Å². The predicted molar refractivity (Wildman–Crippen MR) is 146 cm³/mol.